The molecule has 1 N–H and O–H groups in total. The van der Waals surface area contributed by atoms with Crippen LogP contribution in [0.5, 0.6) is 5.75 Å². The third kappa shape index (κ3) is 4.04. The first kappa shape index (κ1) is 18.8. The van der Waals surface area contributed by atoms with Crippen molar-refractivity contribution >= 4 is 33.0 Å². The molecule has 3 aromatic carbocycles. The standard InChI is InChI=1S/C20H16Cl2O3S/c21-16-11-18(22)20(23)19(12-16)26(24,25)13-17(14-7-3-1-4-8-14)15-9-5-2-6-10-15/h1-12,17,23H,13H2. The van der Waals surface area contributed by atoms with Gasteiger partial charge in [0, 0.05) is 10.9 Å². The van der Waals surface area contributed by atoms with Crippen LogP contribution in [-0.4, -0.2) is 19.3 Å². The third-order valence-corrected chi connectivity index (χ3v) is 6.38. The number of rotatable bonds is 5. The molecule has 0 bridgehead atoms. The van der Waals surface area contributed by atoms with E-state index in [4.69, 9.17) is 23.2 Å². The fourth-order valence-electron chi connectivity index (χ4n) is 2.84. The van der Waals surface area contributed by atoms with E-state index in [9.17, 15) is 13.5 Å². The molecular formula is C20H16Cl2O3S. The fourth-order valence-corrected chi connectivity index (χ4v) is 5.17. The van der Waals surface area contributed by atoms with Gasteiger partial charge in [0.15, 0.2) is 15.6 Å². The summed E-state index contributed by atoms with van der Waals surface area (Å²) in [5, 5.41) is 10.2. The molecule has 6 heteroatoms. The smallest absolute Gasteiger partial charge is 0.183 e. The van der Waals surface area contributed by atoms with Crippen LogP contribution in [0.4, 0.5) is 0 Å². The minimum atomic E-state index is -3.85. The quantitative estimate of drug-likeness (QED) is 0.624. The predicted molar refractivity (Wildman–Crippen MR) is 105 cm³/mol. The van der Waals surface area contributed by atoms with Gasteiger partial charge in [0.05, 0.1) is 10.8 Å². The zero-order chi connectivity index (χ0) is 18.7. The van der Waals surface area contributed by atoms with Gasteiger partial charge < -0.3 is 5.11 Å². The van der Waals surface area contributed by atoms with Gasteiger partial charge in [-0.05, 0) is 23.3 Å². The van der Waals surface area contributed by atoms with Gasteiger partial charge in [-0.3, -0.25) is 0 Å². The summed E-state index contributed by atoms with van der Waals surface area (Å²) in [4.78, 5) is -0.258. The molecule has 134 valence electrons. The van der Waals surface area contributed by atoms with Crippen molar-refractivity contribution in [2.75, 3.05) is 5.75 Å². The van der Waals surface area contributed by atoms with Crippen molar-refractivity contribution in [1.82, 2.24) is 0 Å². The summed E-state index contributed by atoms with van der Waals surface area (Å²) >= 11 is 11.8. The largest absolute Gasteiger partial charge is 0.505 e. The van der Waals surface area contributed by atoms with E-state index in [1.54, 1.807) is 0 Å². The number of sulfone groups is 1. The molecule has 3 aromatic rings. The lowest BCUT2D eigenvalue weighted by atomic mass is 9.93. The molecule has 0 aliphatic carbocycles. The van der Waals surface area contributed by atoms with Gasteiger partial charge in [0.2, 0.25) is 0 Å². The highest BCUT2D eigenvalue weighted by atomic mass is 35.5. The van der Waals surface area contributed by atoms with Crippen molar-refractivity contribution in [2.45, 2.75) is 10.8 Å². The van der Waals surface area contributed by atoms with E-state index in [1.165, 1.54) is 12.1 Å². The van der Waals surface area contributed by atoms with Crippen LogP contribution in [0.1, 0.15) is 17.0 Å². The van der Waals surface area contributed by atoms with Crippen molar-refractivity contribution in [1.29, 1.82) is 0 Å². The van der Waals surface area contributed by atoms with Crippen LogP contribution in [0, 0.1) is 0 Å². The van der Waals surface area contributed by atoms with Gasteiger partial charge in [0.25, 0.3) is 0 Å². The summed E-state index contributed by atoms with van der Waals surface area (Å²) in [5.41, 5.74) is 1.74. The van der Waals surface area contributed by atoms with Gasteiger partial charge in [-0.15, -0.1) is 0 Å². The van der Waals surface area contributed by atoms with Crippen LogP contribution >= 0.6 is 23.2 Å². The second-order valence-corrected chi connectivity index (χ2v) is 8.74. The molecule has 0 aliphatic heterocycles. The van der Waals surface area contributed by atoms with E-state index in [0.29, 0.717) is 0 Å². The maximum Gasteiger partial charge on any atom is 0.183 e. The Morgan fingerprint density at radius 3 is 1.85 bits per heavy atom. The number of phenolic OH excluding ortho intramolecular Hbond substituents is 1. The SMILES string of the molecule is O=S(=O)(CC(c1ccccc1)c1ccccc1)c1cc(Cl)cc(Cl)c1O. The predicted octanol–water partition coefficient (Wildman–Crippen LogP) is 5.30. The van der Waals surface area contributed by atoms with E-state index in [-0.39, 0.29) is 26.6 Å². The second kappa shape index (κ2) is 7.70. The monoisotopic (exact) mass is 406 g/mol. The first-order chi connectivity index (χ1) is 12.4. The zero-order valence-corrected chi connectivity index (χ0v) is 16.0. The van der Waals surface area contributed by atoms with Crippen LogP contribution < -0.4 is 0 Å². The first-order valence-corrected chi connectivity index (χ1v) is 10.3. The Morgan fingerprint density at radius 2 is 1.35 bits per heavy atom. The maximum atomic E-state index is 13.0. The number of benzene rings is 3. The van der Waals surface area contributed by atoms with E-state index in [2.05, 4.69) is 0 Å². The Kier molecular flexibility index (Phi) is 5.56. The topological polar surface area (TPSA) is 54.4 Å². The van der Waals surface area contributed by atoms with Gasteiger partial charge in [-0.2, -0.15) is 0 Å². The Morgan fingerprint density at radius 1 is 0.846 bits per heavy atom. The Hall–Kier alpha value is -2.01. The fraction of sp³-hybridized carbons (Fsp3) is 0.100. The molecule has 0 aromatic heterocycles. The maximum absolute atomic E-state index is 13.0. The molecule has 0 spiro atoms. The number of hydrogen-bond donors (Lipinski definition) is 1. The van der Waals surface area contributed by atoms with Crippen molar-refractivity contribution in [3.8, 4) is 5.75 Å². The summed E-state index contributed by atoms with van der Waals surface area (Å²) in [6, 6.07) is 21.3. The summed E-state index contributed by atoms with van der Waals surface area (Å²) in [6.07, 6.45) is 0. The normalized spacial score (nSPS) is 11.7. The summed E-state index contributed by atoms with van der Waals surface area (Å²) in [5.74, 6) is -1.08. The van der Waals surface area contributed by atoms with Gasteiger partial charge in [0.1, 0.15) is 4.90 Å². The molecular weight excluding hydrogens is 391 g/mol. The van der Waals surface area contributed by atoms with E-state index in [0.717, 1.165) is 11.1 Å². The van der Waals surface area contributed by atoms with E-state index in [1.807, 2.05) is 60.7 Å². The molecule has 0 saturated carbocycles. The Labute approximate surface area is 162 Å². The highest BCUT2D eigenvalue weighted by Crippen LogP contribution is 2.37. The van der Waals surface area contributed by atoms with E-state index < -0.39 is 15.6 Å². The molecule has 26 heavy (non-hydrogen) atoms. The summed E-state index contributed by atoms with van der Waals surface area (Å²) in [6.45, 7) is 0. The summed E-state index contributed by atoms with van der Waals surface area (Å²) < 4.78 is 26.1. The van der Waals surface area contributed by atoms with Crippen molar-refractivity contribution in [2.24, 2.45) is 0 Å². The summed E-state index contributed by atoms with van der Waals surface area (Å²) in [7, 11) is -3.85. The lowest BCUT2D eigenvalue weighted by Gasteiger charge is -2.19. The first-order valence-electron chi connectivity index (χ1n) is 7.89. The lowest BCUT2D eigenvalue weighted by Crippen LogP contribution is -2.16. The van der Waals surface area contributed by atoms with Gasteiger partial charge in [-0.25, -0.2) is 8.42 Å². The molecule has 0 radical (unpaired) electrons. The number of aromatic hydroxyl groups is 1. The van der Waals surface area contributed by atoms with Crippen LogP contribution in [0.15, 0.2) is 77.7 Å². The minimum absolute atomic E-state index is 0.0907. The zero-order valence-electron chi connectivity index (χ0n) is 13.6. The van der Waals surface area contributed by atoms with Crippen LogP contribution in [0.2, 0.25) is 10.0 Å². The Balaban J connectivity index is 2.07. The van der Waals surface area contributed by atoms with Gasteiger partial charge in [-0.1, -0.05) is 83.9 Å². The minimum Gasteiger partial charge on any atom is -0.505 e. The number of hydrogen-bond acceptors (Lipinski definition) is 3. The molecule has 0 atom stereocenters. The molecule has 0 amide bonds. The highest BCUT2D eigenvalue weighted by Gasteiger charge is 2.27. The van der Waals surface area contributed by atoms with Crippen molar-refractivity contribution in [3.63, 3.8) is 0 Å². The number of halogens is 2. The molecule has 0 heterocycles. The average Bonchev–Trinajstić information content (AvgIpc) is 2.64. The second-order valence-electron chi connectivity index (χ2n) is 5.89. The van der Waals surface area contributed by atoms with Crippen molar-refractivity contribution < 1.29 is 13.5 Å². The molecule has 3 rings (SSSR count). The Bertz CT molecular complexity index is 964. The molecule has 0 fully saturated rings. The molecule has 0 saturated heterocycles. The third-order valence-electron chi connectivity index (χ3n) is 4.12. The van der Waals surface area contributed by atoms with Gasteiger partial charge >= 0.3 is 0 Å². The average molecular weight is 407 g/mol. The van der Waals surface area contributed by atoms with Crippen LogP contribution in [-0.2, 0) is 9.84 Å². The van der Waals surface area contributed by atoms with Crippen molar-refractivity contribution in [3.05, 3.63) is 94.0 Å². The molecule has 3 nitrogen and oxygen atoms in total. The number of phenols is 1. The molecule has 0 aliphatic rings. The molecule has 0 unspecified atom stereocenters. The lowest BCUT2D eigenvalue weighted by molar-refractivity contribution is 0.459. The van der Waals surface area contributed by atoms with Crippen LogP contribution in [0.3, 0.4) is 0 Å². The van der Waals surface area contributed by atoms with Crippen LogP contribution in [0.25, 0.3) is 0 Å². The van der Waals surface area contributed by atoms with E-state index >= 15 is 0 Å². The highest BCUT2D eigenvalue weighted by molar-refractivity contribution is 7.91.